The monoisotopic (exact) mass is 709 g/mol. The number of aromatic nitrogens is 3. The molecule has 0 atom stereocenters. The van der Waals surface area contributed by atoms with E-state index in [4.69, 9.17) is 9.97 Å². The van der Waals surface area contributed by atoms with Gasteiger partial charge in [-0.1, -0.05) is 146 Å². The van der Waals surface area contributed by atoms with Gasteiger partial charge in [-0.3, -0.25) is 4.57 Å². The van der Waals surface area contributed by atoms with Crippen LogP contribution in [0.15, 0.2) is 164 Å². The van der Waals surface area contributed by atoms with E-state index in [2.05, 4.69) is 168 Å². The van der Waals surface area contributed by atoms with Crippen molar-refractivity contribution in [2.24, 2.45) is 0 Å². The number of hydrogen-bond acceptors (Lipinski definition) is 4. The molecule has 53 heavy (non-hydrogen) atoms. The topological polar surface area (TPSA) is 30.7 Å². The van der Waals surface area contributed by atoms with Gasteiger partial charge < -0.3 is 0 Å². The molecule has 0 fully saturated rings. The molecule has 0 aliphatic heterocycles. The molecule has 0 amide bonds. The Balaban J connectivity index is 1.27. The first-order valence-corrected chi connectivity index (χ1v) is 19.5. The standard InChI is InChI=1S/C48H27N3S2/c1-2-12-28(13-3-1)29-22-24-31(25-23-29)43-47(49-44-36-19-9-11-21-38(36)53-48(44)50-43)51-37-20-10-8-18-35(37)40-33-16-6-7-17-34(33)42-41-32-15-5-4-14-30(32)26-27-39(41)52-46(42)45(40)51/h1-27H. The smallest absolute Gasteiger partial charge is 0.165 e. The lowest BCUT2D eigenvalue weighted by atomic mass is 9.96. The molecule has 0 aliphatic carbocycles. The van der Waals surface area contributed by atoms with E-state index in [1.54, 1.807) is 11.3 Å². The summed E-state index contributed by atoms with van der Waals surface area (Å²) in [5, 5.41) is 11.3. The van der Waals surface area contributed by atoms with E-state index in [0.717, 1.165) is 38.3 Å². The van der Waals surface area contributed by atoms with Crippen molar-refractivity contribution >= 4 is 107 Å². The number of benzene rings is 8. The van der Waals surface area contributed by atoms with Crippen molar-refractivity contribution in [1.82, 2.24) is 14.5 Å². The van der Waals surface area contributed by atoms with Crippen LogP contribution in [-0.2, 0) is 0 Å². The highest BCUT2D eigenvalue weighted by Crippen LogP contribution is 2.50. The molecule has 8 aromatic carbocycles. The van der Waals surface area contributed by atoms with Gasteiger partial charge in [0.25, 0.3) is 0 Å². The van der Waals surface area contributed by atoms with Crippen LogP contribution >= 0.6 is 22.7 Å². The molecule has 0 saturated carbocycles. The van der Waals surface area contributed by atoms with Crippen molar-refractivity contribution in [3.8, 4) is 28.2 Å². The number of nitrogens with zero attached hydrogens (tertiary/aromatic N) is 3. The first-order valence-electron chi connectivity index (χ1n) is 17.8. The van der Waals surface area contributed by atoms with Gasteiger partial charge in [-0.05, 0) is 50.9 Å². The SMILES string of the molecule is c1ccc(-c2ccc(-c3nc4sc5ccccc5c4nc3-n3c4ccccc4c4c5ccccc5c5c(sc6ccc7ccccc7c65)c43)cc2)cc1. The third kappa shape index (κ3) is 4.15. The molecule has 0 aliphatic rings. The molecule has 0 spiro atoms. The molecule has 0 radical (unpaired) electrons. The molecule has 246 valence electrons. The second-order valence-electron chi connectivity index (χ2n) is 13.7. The first-order chi connectivity index (χ1) is 26.3. The van der Waals surface area contributed by atoms with Crippen molar-refractivity contribution < 1.29 is 0 Å². The molecule has 0 saturated heterocycles. The summed E-state index contributed by atoms with van der Waals surface area (Å²) in [6, 6.07) is 59.1. The average molecular weight is 710 g/mol. The molecule has 12 rings (SSSR count). The van der Waals surface area contributed by atoms with Gasteiger partial charge in [0.15, 0.2) is 5.82 Å². The maximum Gasteiger partial charge on any atom is 0.165 e. The van der Waals surface area contributed by atoms with E-state index in [1.165, 1.54) is 73.8 Å². The van der Waals surface area contributed by atoms with Gasteiger partial charge in [0.2, 0.25) is 0 Å². The molecule has 4 heterocycles. The maximum atomic E-state index is 5.67. The third-order valence-corrected chi connectivity index (χ3v) is 13.0. The highest BCUT2D eigenvalue weighted by Gasteiger charge is 2.26. The first kappa shape index (κ1) is 29.2. The van der Waals surface area contributed by atoms with Crippen molar-refractivity contribution in [2.75, 3.05) is 0 Å². The summed E-state index contributed by atoms with van der Waals surface area (Å²) in [6.07, 6.45) is 0. The number of para-hydroxylation sites is 1. The van der Waals surface area contributed by atoms with Gasteiger partial charge in [0.1, 0.15) is 16.0 Å². The minimum Gasteiger partial charge on any atom is -0.290 e. The molecule has 0 bridgehead atoms. The number of thiophene rings is 2. The van der Waals surface area contributed by atoms with Crippen molar-refractivity contribution in [3.63, 3.8) is 0 Å². The Kier molecular flexibility index (Phi) is 6.09. The Morgan fingerprint density at radius 3 is 1.89 bits per heavy atom. The predicted octanol–water partition coefficient (Wildman–Crippen LogP) is 13.9. The fraction of sp³-hybridized carbons (Fsp3) is 0. The molecule has 5 heteroatoms. The lowest BCUT2D eigenvalue weighted by Gasteiger charge is -2.14. The minimum atomic E-state index is 0.846. The Bertz CT molecular complexity index is 3440. The summed E-state index contributed by atoms with van der Waals surface area (Å²) in [5.41, 5.74) is 7.53. The summed E-state index contributed by atoms with van der Waals surface area (Å²) in [4.78, 5) is 12.1. The summed E-state index contributed by atoms with van der Waals surface area (Å²) in [7, 11) is 0. The fourth-order valence-electron chi connectivity index (χ4n) is 8.47. The van der Waals surface area contributed by atoms with Crippen LogP contribution in [-0.4, -0.2) is 14.5 Å². The predicted molar refractivity (Wildman–Crippen MR) is 228 cm³/mol. The van der Waals surface area contributed by atoms with Crippen LogP contribution in [0.5, 0.6) is 0 Å². The van der Waals surface area contributed by atoms with E-state index in [0.29, 0.717) is 0 Å². The van der Waals surface area contributed by atoms with Gasteiger partial charge in [0.05, 0.1) is 15.7 Å². The Labute approximate surface area is 311 Å². The van der Waals surface area contributed by atoms with E-state index < -0.39 is 0 Å². The summed E-state index contributed by atoms with van der Waals surface area (Å²) in [5.74, 6) is 0.846. The number of fused-ring (bicyclic) bond motifs is 15. The minimum absolute atomic E-state index is 0.846. The molecular weight excluding hydrogens is 683 g/mol. The van der Waals surface area contributed by atoms with E-state index in [9.17, 15) is 0 Å². The van der Waals surface area contributed by atoms with E-state index in [-0.39, 0.29) is 0 Å². The van der Waals surface area contributed by atoms with Crippen molar-refractivity contribution in [2.45, 2.75) is 0 Å². The highest BCUT2D eigenvalue weighted by molar-refractivity contribution is 7.27. The van der Waals surface area contributed by atoms with E-state index in [1.807, 2.05) is 11.3 Å². The molecule has 0 N–H and O–H groups in total. The second kappa shape index (κ2) is 11.1. The number of rotatable bonds is 3. The van der Waals surface area contributed by atoms with Crippen LogP contribution < -0.4 is 0 Å². The van der Waals surface area contributed by atoms with Crippen LogP contribution in [0, 0.1) is 0 Å². The van der Waals surface area contributed by atoms with Crippen LogP contribution in [0.3, 0.4) is 0 Å². The lowest BCUT2D eigenvalue weighted by molar-refractivity contribution is 1.09. The zero-order valence-electron chi connectivity index (χ0n) is 28.2. The van der Waals surface area contributed by atoms with E-state index >= 15 is 0 Å². The quantitative estimate of drug-likeness (QED) is 0.183. The lowest BCUT2D eigenvalue weighted by Crippen LogP contribution is -2.03. The summed E-state index contributed by atoms with van der Waals surface area (Å²) < 4.78 is 6.17. The van der Waals surface area contributed by atoms with Gasteiger partial charge in [-0.15, -0.1) is 22.7 Å². The van der Waals surface area contributed by atoms with Crippen LogP contribution in [0.2, 0.25) is 0 Å². The van der Waals surface area contributed by atoms with Crippen LogP contribution in [0.4, 0.5) is 0 Å². The maximum absolute atomic E-state index is 5.67. The van der Waals surface area contributed by atoms with Gasteiger partial charge >= 0.3 is 0 Å². The van der Waals surface area contributed by atoms with Gasteiger partial charge in [-0.25, -0.2) is 9.97 Å². The molecule has 0 unspecified atom stereocenters. The third-order valence-electron chi connectivity index (χ3n) is 10.8. The molecule has 12 aromatic rings. The second-order valence-corrected chi connectivity index (χ2v) is 15.8. The van der Waals surface area contributed by atoms with Crippen LogP contribution in [0.25, 0.3) is 112 Å². The zero-order chi connectivity index (χ0) is 34.6. The van der Waals surface area contributed by atoms with Crippen molar-refractivity contribution in [3.05, 3.63) is 164 Å². The zero-order valence-corrected chi connectivity index (χ0v) is 29.9. The summed E-state index contributed by atoms with van der Waals surface area (Å²) in [6.45, 7) is 0. The average Bonchev–Trinajstić information content (AvgIpc) is 3.91. The van der Waals surface area contributed by atoms with Gasteiger partial charge in [-0.2, -0.15) is 0 Å². The molecular formula is C48H27N3S2. The van der Waals surface area contributed by atoms with Crippen LogP contribution in [0.1, 0.15) is 0 Å². The number of hydrogen-bond donors (Lipinski definition) is 0. The van der Waals surface area contributed by atoms with Crippen molar-refractivity contribution in [1.29, 1.82) is 0 Å². The fourth-order valence-corrected chi connectivity index (χ4v) is 10.8. The Hall–Kier alpha value is -6.40. The molecule has 3 nitrogen and oxygen atoms in total. The highest BCUT2D eigenvalue weighted by atomic mass is 32.1. The normalized spacial score (nSPS) is 12.2. The molecule has 4 aromatic heterocycles. The largest absolute Gasteiger partial charge is 0.290 e. The summed E-state index contributed by atoms with van der Waals surface area (Å²) >= 11 is 3.60. The Morgan fingerprint density at radius 1 is 0.415 bits per heavy atom. The Morgan fingerprint density at radius 2 is 1.06 bits per heavy atom. The van der Waals surface area contributed by atoms with Gasteiger partial charge in [0, 0.05) is 41.9 Å².